The molecule has 9 heteroatoms. The number of carbonyl (C=O) groups is 1. The van der Waals surface area contributed by atoms with E-state index in [-0.39, 0.29) is 32.2 Å². The van der Waals surface area contributed by atoms with Crippen LogP contribution in [-0.4, -0.2) is 70.7 Å². The smallest absolute Gasteiger partial charge is 0.306 e. The van der Waals surface area contributed by atoms with Crippen LogP contribution in [0.15, 0.2) is 72.9 Å². The van der Waals surface area contributed by atoms with Crippen LogP contribution in [0.2, 0.25) is 0 Å². The molecule has 8 nitrogen and oxygen atoms in total. The van der Waals surface area contributed by atoms with Crippen molar-refractivity contribution < 1.29 is 37.3 Å². The lowest BCUT2D eigenvalue weighted by Gasteiger charge is -2.28. The van der Waals surface area contributed by atoms with Crippen LogP contribution < -0.4 is 4.89 Å². The number of ether oxygens (including phenoxy) is 2. The second-order valence-corrected chi connectivity index (χ2v) is 16.7. The van der Waals surface area contributed by atoms with Gasteiger partial charge in [0, 0.05) is 13.0 Å². The quantitative estimate of drug-likeness (QED) is 0.0201. The molecule has 0 saturated heterocycles. The van der Waals surface area contributed by atoms with Crippen LogP contribution in [0.25, 0.3) is 0 Å². The van der Waals surface area contributed by atoms with E-state index in [4.69, 9.17) is 18.5 Å². The molecule has 2 unspecified atom stereocenters. The number of phosphoric acid groups is 1. The lowest BCUT2D eigenvalue weighted by molar-refractivity contribution is -0.870. The van der Waals surface area contributed by atoms with E-state index < -0.39 is 13.9 Å². The number of hydrogen-bond donors (Lipinski definition) is 0. The van der Waals surface area contributed by atoms with Crippen LogP contribution >= 0.6 is 7.82 Å². The van der Waals surface area contributed by atoms with Gasteiger partial charge in [0.25, 0.3) is 7.82 Å². The van der Waals surface area contributed by atoms with Gasteiger partial charge in [-0.25, -0.2) is 0 Å². The monoisotopic (exact) mass is 792 g/mol. The van der Waals surface area contributed by atoms with Gasteiger partial charge in [0.05, 0.1) is 34.4 Å². The molecule has 0 aliphatic heterocycles. The minimum Gasteiger partial charge on any atom is -0.756 e. The topological polar surface area (TPSA) is 94.1 Å². The molecule has 0 aliphatic carbocycles. The average Bonchev–Trinajstić information content (AvgIpc) is 3.13. The zero-order chi connectivity index (χ0) is 40.6. The third-order valence-electron chi connectivity index (χ3n) is 8.74. The molecular formula is C46H82NO7P. The molecule has 0 radical (unpaired) electrons. The first-order valence-corrected chi connectivity index (χ1v) is 23.1. The summed E-state index contributed by atoms with van der Waals surface area (Å²) in [6, 6.07) is 0. The van der Waals surface area contributed by atoms with E-state index in [9.17, 15) is 14.3 Å². The third-order valence-corrected chi connectivity index (χ3v) is 9.71. The van der Waals surface area contributed by atoms with E-state index >= 15 is 0 Å². The van der Waals surface area contributed by atoms with Gasteiger partial charge >= 0.3 is 5.97 Å². The molecule has 0 fully saturated rings. The maximum Gasteiger partial charge on any atom is 0.306 e. The predicted molar refractivity (Wildman–Crippen MR) is 231 cm³/mol. The fourth-order valence-corrected chi connectivity index (χ4v) is 6.12. The first-order chi connectivity index (χ1) is 26.6. The van der Waals surface area contributed by atoms with Gasteiger partial charge in [0.2, 0.25) is 0 Å². The summed E-state index contributed by atoms with van der Waals surface area (Å²) < 4.78 is 34.5. The number of esters is 1. The van der Waals surface area contributed by atoms with E-state index in [1.54, 1.807) is 0 Å². The van der Waals surface area contributed by atoms with Crippen molar-refractivity contribution in [2.75, 3.05) is 54.1 Å². The van der Waals surface area contributed by atoms with Crippen molar-refractivity contribution in [1.29, 1.82) is 0 Å². The Hall–Kier alpha value is -2.06. The number of allylic oxidation sites excluding steroid dienone is 12. The molecule has 0 N–H and O–H groups in total. The number of unbranched alkanes of at least 4 members (excludes halogenated alkanes) is 13. The molecule has 55 heavy (non-hydrogen) atoms. The Balaban J connectivity index is 4.33. The van der Waals surface area contributed by atoms with Gasteiger partial charge in [-0.1, -0.05) is 138 Å². The van der Waals surface area contributed by atoms with Crippen molar-refractivity contribution in [1.82, 2.24) is 0 Å². The van der Waals surface area contributed by atoms with Crippen molar-refractivity contribution in [2.24, 2.45) is 0 Å². The molecule has 0 spiro atoms. The SMILES string of the molecule is CC/C=C\C/C=C\C/C=C\C/C=C\CCCCCCC(=O)OC(COCCCCCCCC/C=C\C/C=C\CCCCC)COP(=O)([O-])OCC[N+](C)(C)C. The molecule has 0 aromatic heterocycles. The minimum atomic E-state index is -4.54. The molecule has 0 amide bonds. The van der Waals surface area contributed by atoms with Crippen LogP contribution in [0.4, 0.5) is 0 Å². The Morgan fingerprint density at radius 2 is 1.05 bits per heavy atom. The number of quaternary nitrogens is 1. The van der Waals surface area contributed by atoms with Gasteiger partial charge in [-0.05, 0) is 83.5 Å². The predicted octanol–water partition coefficient (Wildman–Crippen LogP) is 12.1. The Morgan fingerprint density at radius 1 is 0.582 bits per heavy atom. The molecule has 2 atom stereocenters. The first-order valence-electron chi connectivity index (χ1n) is 21.7. The normalized spacial score (nSPS) is 14.5. The van der Waals surface area contributed by atoms with E-state index in [2.05, 4.69) is 86.8 Å². The fraction of sp³-hybridized carbons (Fsp3) is 0.717. The van der Waals surface area contributed by atoms with Crippen molar-refractivity contribution >= 4 is 13.8 Å². The number of nitrogens with zero attached hydrogens (tertiary/aromatic N) is 1. The highest BCUT2D eigenvalue weighted by Crippen LogP contribution is 2.38. The Bertz CT molecular complexity index is 1110. The zero-order valence-corrected chi connectivity index (χ0v) is 36.7. The van der Waals surface area contributed by atoms with Gasteiger partial charge in [-0.3, -0.25) is 9.36 Å². The zero-order valence-electron chi connectivity index (χ0n) is 35.8. The summed E-state index contributed by atoms with van der Waals surface area (Å²) in [5.41, 5.74) is 0. The van der Waals surface area contributed by atoms with Gasteiger partial charge in [0.15, 0.2) is 0 Å². The largest absolute Gasteiger partial charge is 0.756 e. The van der Waals surface area contributed by atoms with E-state index in [0.717, 1.165) is 89.9 Å². The molecule has 318 valence electrons. The molecule has 0 rings (SSSR count). The second-order valence-electron chi connectivity index (χ2n) is 15.3. The summed E-state index contributed by atoms with van der Waals surface area (Å²) in [4.78, 5) is 25.0. The van der Waals surface area contributed by atoms with Crippen LogP contribution in [-0.2, 0) is 27.9 Å². The van der Waals surface area contributed by atoms with Gasteiger partial charge in [0.1, 0.15) is 19.3 Å². The molecule has 0 saturated carbocycles. The number of hydrogen-bond acceptors (Lipinski definition) is 7. The summed E-state index contributed by atoms with van der Waals surface area (Å²) in [5, 5.41) is 0. The summed E-state index contributed by atoms with van der Waals surface area (Å²) in [6.07, 6.45) is 49.1. The highest BCUT2D eigenvalue weighted by Gasteiger charge is 2.20. The first kappa shape index (κ1) is 52.9. The van der Waals surface area contributed by atoms with Crippen molar-refractivity contribution in [3.63, 3.8) is 0 Å². The Morgan fingerprint density at radius 3 is 1.58 bits per heavy atom. The Kier molecular flexibility index (Phi) is 37.3. The number of likely N-dealkylation sites (N-methyl/N-ethyl adjacent to an activating group) is 1. The third kappa shape index (κ3) is 42.9. The summed E-state index contributed by atoms with van der Waals surface area (Å²) in [6.45, 7) is 5.19. The Labute approximate surface area is 338 Å². The average molecular weight is 792 g/mol. The highest BCUT2D eigenvalue weighted by atomic mass is 31.2. The van der Waals surface area contributed by atoms with Gasteiger partial charge in [-0.15, -0.1) is 0 Å². The maximum absolute atomic E-state index is 12.7. The lowest BCUT2D eigenvalue weighted by atomic mass is 10.1. The summed E-state index contributed by atoms with van der Waals surface area (Å²) >= 11 is 0. The minimum absolute atomic E-state index is 0.0149. The molecule has 0 aromatic rings. The second kappa shape index (κ2) is 38.8. The molecular weight excluding hydrogens is 709 g/mol. The number of carbonyl (C=O) groups excluding carboxylic acids is 1. The fourth-order valence-electron chi connectivity index (χ4n) is 5.39. The summed E-state index contributed by atoms with van der Waals surface area (Å²) in [5.74, 6) is -0.364. The van der Waals surface area contributed by atoms with Gasteiger partial charge < -0.3 is 27.9 Å². The standard InChI is InChI=1S/C46H82NO7P/c1-6-8-10-12-14-16-18-20-22-24-25-27-29-31-33-35-37-39-46(48)54-45(44-53-55(49,50)52-42-40-47(3,4)5)43-51-41-38-36-34-32-30-28-26-23-21-19-17-15-13-11-9-7-2/h8,10,14-17,20-23,25,27,45H,6-7,9,11-13,18-19,24,26,28-44H2,1-5H3/b10-8-,16-14-,17-15-,22-20-,23-21-,27-25-. The van der Waals surface area contributed by atoms with E-state index in [1.807, 2.05) is 21.1 Å². The maximum atomic E-state index is 12.7. The van der Waals surface area contributed by atoms with E-state index in [1.165, 1.54) is 44.9 Å². The van der Waals surface area contributed by atoms with Crippen LogP contribution in [0.3, 0.4) is 0 Å². The highest BCUT2D eigenvalue weighted by molar-refractivity contribution is 7.45. The lowest BCUT2D eigenvalue weighted by Crippen LogP contribution is -2.37. The van der Waals surface area contributed by atoms with Gasteiger partial charge in [-0.2, -0.15) is 0 Å². The molecule has 0 bridgehead atoms. The van der Waals surface area contributed by atoms with Crippen molar-refractivity contribution in [2.45, 2.75) is 161 Å². The van der Waals surface area contributed by atoms with Crippen LogP contribution in [0.5, 0.6) is 0 Å². The summed E-state index contributed by atoms with van der Waals surface area (Å²) in [7, 11) is 1.32. The van der Waals surface area contributed by atoms with Crippen molar-refractivity contribution in [3.8, 4) is 0 Å². The molecule has 0 aliphatic rings. The number of phosphoric ester groups is 1. The number of rotatable bonds is 39. The van der Waals surface area contributed by atoms with Crippen LogP contribution in [0, 0.1) is 0 Å². The molecule has 0 heterocycles. The van der Waals surface area contributed by atoms with Crippen LogP contribution in [0.1, 0.15) is 155 Å². The van der Waals surface area contributed by atoms with E-state index in [0.29, 0.717) is 17.6 Å². The van der Waals surface area contributed by atoms with Crippen molar-refractivity contribution in [3.05, 3.63) is 72.9 Å². The molecule has 0 aromatic carbocycles.